The number of amides is 3. The molecule has 1 aliphatic rings. The van der Waals surface area contributed by atoms with Crippen molar-refractivity contribution in [2.75, 3.05) is 19.7 Å². The second-order valence-corrected chi connectivity index (χ2v) is 7.78. The molecule has 0 fully saturated rings. The monoisotopic (exact) mass is 431 g/mol. The molecular weight excluding hydrogens is 402 g/mol. The summed E-state index contributed by atoms with van der Waals surface area (Å²) in [6.45, 7) is 8.99. The third-order valence-electron chi connectivity index (χ3n) is 4.04. The lowest BCUT2D eigenvalue weighted by atomic mass is 10.2. The molecule has 0 radical (unpaired) electrons. The summed E-state index contributed by atoms with van der Waals surface area (Å²) in [7, 11) is 0. The van der Waals surface area contributed by atoms with Crippen LogP contribution in [0, 0.1) is 0 Å². The van der Waals surface area contributed by atoms with Crippen molar-refractivity contribution in [1.82, 2.24) is 15.3 Å². The Kier molecular flexibility index (Phi) is 8.48. The number of nitrogens with zero attached hydrogens (tertiary/aromatic N) is 2. The van der Waals surface area contributed by atoms with E-state index in [1.165, 1.54) is 11.0 Å². The average Bonchev–Trinajstić information content (AvgIpc) is 3.17. The van der Waals surface area contributed by atoms with Gasteiger partial charge in [-0.1, -0.05) is 55.1 Å². The smallest absolute Gasteiger partial charge is 0.429 e. The summed E-state index contributed by atoms with van der Waals surface area (Å²) in [6, 6.07) is 8.80. The van der Waals surface area contributed by atoms with Crippen LogP contribution in [0.25, 0.3) is 0 Å². The van der Waals surface area contributed by atoms with Crippen LogP contribution < -0.4 is 5.43 Å². The van der Waals surface area contributed by atoms with E-state index in [4.69, 9.17) is 14.2 Å². The summed E-state index contributed by atoms with van der Waals surface area (Å²) in [5.41, 5.74) is 2.44. The van der Waals surface area contributed by atoms with Crippen LogP contribution in [0.4, 0.5) is 14.4 Å². The Labute approximate surface area is 182 Å². The first-order valence-corrected chi connectivity index (χ1v) is 9.88. The summed E-state index contributed by atoms with van der Waals surface area (Å²) < 4.78 is 15.6. The third kappa shape index (κ3) is 8.04. The molecule has 0 spiro atoms. The lowest BCUT2D eigenvalue weighted by molar-refractivity contribution is 0.00774. The molecule has 1 atom stereocenters. The van der Waals surface area contributed by atoms with E-state index in [1.807, 2.05) is 30.3 Å². The van der Waals surface area contributed by atoms with Crippen molar-refractivity contribution in [2.24, 2.45) is 0 Å². The first kappa shape index (κ1) is 23.8. The Morgan fingerprint density at radius 1 is 1.23 bits per heavy atom. The number of hydrogen-bond donors (Lipinski definition) is 1. The van der Waals surface area contributed by atoms with Crippen molar-refractivity contribution in [2.45, 2.75) is 39.0 Å². The highest BCUT2D eigenvalue weighted by molar-refractivity contribution is 5.74. The maximum absolute atomic E-state index is 12.6. The van der Waals surface area contributed by atoms with Crippen LogP contribution in [0.3, 0.4) is 0 Å². The van der Waals surface area contributed by atoms with Crippen molar-refractivity contribution in [3.63, 3.8) is 0 Å². The molecule has 0 saturated carbocycles. The van der Waals surface area contributed by atoms with Gasteiger partial charge in [0.1, 0.15) is 18.8 Å². The van der Waals surface area contributed by atoms with E-state index in [-0.39, 0.29) is 19.8 Å². The second kappa shape index (κ2) is 11.1. The van der Waals surface area contributed by atoms with Crippen molar-refractivity contribution < 1.29 is 28.6 Å². The van der Waals surface area contributed by atoms with Gasteiger partial charge in [0.25, 0.3) is 0 Å². The molecule has 1 heterocycles. The molecule has 0 saturated heterocycles. The number of ether oxygens (including phenoxy) is 3. The summed E-state index contributed by atoms with van der Waals surface area (Å²) in [5.74, 6) is 0. The number of carbonyl (C=O) groups is 3. The van der Waals surface area contributed by atoms with E-state index in [0.29, 0.717) is 6.54 Å². The molecule has 9 nitrogen and oxygen atoms in total. The lowest BCUT2D eigenvalue weighted by Gasteiger charge is -2.31. The Bertz CT molecular complexity index is 803. The average molecular weight is 431 g/mol. The molecule has 1 N–H and O–H groups in total. The van der Waals surface area contributed by atoms with Gasteiger partial charge in [0.2, 0.25) is 0 Å². The molecule has 0 aromatic heterocycles. The number of nitrogens with one attached hydrogen (secondary N) is 1. The zero-order valence-corrected chi connectivity index (χ0v) is 18.1. The van der Waals surface area contributed by atoms with E-state index in [2.05, 4.69) is 12.0 Å². The normalized spacial score (nSPS) is 15.2. The van der Waals surface area contributed by atoms with Crippen LogP contribution in [0.2, 0.25) is 0 Å². The number of hydrogen-bond acceptors (Lipinski definition) is 6. The van der Waals surface area contributed by atoms with E-state index < -0.39 is 29.9 Å². The van der Waals surface area contributed by atoms with Crippen molar-refractivity contribution in [1.29, 1.82) is 0 Å². The molecule has 0 bridgehead atoms. The number of rotatable bonds is 6. The predicted octanol–water partition coefficient (Wildman–Crippen LogP) is 3.63. The van der Waals surface area contributed by atoms with Gasteiger partial charge in [0.15, 0.2) is 0 Å². The molecule has 3 amide bonds. The van der Waals surface area contributed by atoms with E-state index in [1.54, 1.807) is 32.9 Å². The maximum atomic E-state index is 12.6. The van der Waals surface area contributed by atoms with Gasteiger partial charge in [-0.15, -0.1) is 0 Å². The van der Waals surface area contributed by atoms with Gasteiger partial charge in [-0.2, -0.15) is 0 Å². The summed E-state index contributed by atoms with van der Waals surface area (Å²) in [4.78, 5) is 38.6. The number of hydrazine groups is 1. The molecule has 0 aliphatic carbocycles. The molecule has 0 unspecified atom stereocenters. The SMILES string of the molecule is C=CCOC(=O)NN(C[C@@H]1C=CCN1C(=O)OCc1ccccc1)C(=O)OC(C)(C)C. The first-order valence-electron chi connectivity index (χ1n) is 9.88. The largest absolute Gasteiger partial charge is 0.445 e. The summed E-state index contributed by atoms with van der Waals surface area (Å²) in [5, 5.41) is 0.981. The Hall–Kier alpha value is -3.49. The van der Waals surface area contributed by atoms with Gasteiger partial charge < -0.3 is 14.2 Å². The highest BCUT2D eigenvalue weighted by Crippen LogP contribution is 2.16. The number of carbonyl (C=O) groups excluding carboxylic acids is 3. The standard InChI is InChI=1S/C22H29N3O6/c1-5-14-29-19(26)23-25(21(28)31-22(2,3)4)15-18-12-9-13-24(18)20(27)30-16-17-10-7-6-8-11-17/h5-12,18H,1,13-16H2,2-4H3,(H,23,26)/t18-/m0/s1. The van der Waals surface area contributed by atoms with Crippen LogP contribution in [0.15, 0.2) is 55.1 Å². The van der Waals surface area contributed by atoms with Crippen LogP contribution >= 0.6 is 0 Å². The number of benzene rings is 1. The minimum atomic E-state index is -0.842. The minimum Gasteiger partial charge on any atom is -0.445 e. The zero-order chi connectivity index (χ0) is 22.9. The second-order valence-electron chi connectivity index (χ2n) is 7.78. The van der Waals surface area contributed by atoms with Gasteiger partial charge in [0.05, 0.1) is 12.6 Å². The lowest BCUT2D eigenvalue weighted by Crippen LogP contribution is -2.54. The fraction of sp³-hybridized carbons (Fsp3) is 0.409. The summed E-state index contributed by atoms with van der Waals surface area (Å²) >= 11 is 0. The molecule has 1 aromatic carbocycles. The van der Waals surface area contributed by atoms with Gasteiger partial charge >= 0.3 is 18.3 Å². The fourth-order valence-corrected chi connectivity index (χ4v) is 2.69. The highest BCUT2D eigenvalue weighted by Gasteiger charge is 2.32. The molecule has 31 heavy (non-hydrogen) atoms. The topological polar surface area (TPSA) is 97.4 Å². The molecular formula is C22H29N3O6. The van der Waals surface area contributed by atoms with Gasteiger partial charge in [-0.25, -0.2) is 24.8 Å². The van der Waals surface area contributed by atoms with Crippen molar-refractivity contribution in [3.8, 4) is 0 Å². The van der Waals surface area contributed by atoms with Crippen LogP contribution in [-0.4, -0.2) is 59.5 Å². The van der Waals surface area contributed by atoms with E-state index in [9.17, 15) is 14.4 Å². The van der Waals surface area contributed by atoms with Crippen LogP contribution in [0.5, 0.6) is 0 Å². The first-order chi connectivity index (χ1) is 14.7. The van der Waals surface area contributed by atoms with Gasteiger partial charge in [-0.3, -0.25) is 4.90 Å². The quantitative estimate of drug-likeness (QED) is 0.420. The molecule has 168 valence electrons. The zero-order valence-electron chi connectivity index (χ0n) is 18.1. The third-order valence-corrected chi connectivity index (χ3v) is 4.04. The molecule has 1 aliphatic heterocycles. The van der Waals surface area contributed by atoms with Crippen LogP contribution in [-0.2, 0) is 20.8 Å². The Balaban J connectivity index is 2.03. The van der Waals surface area contributed by atoms with E-state index in [0.717, 1.165) is 10.6 Å². The van der Waals surface area contributed by atoms with Crippen molar-refractivity contribution >= 4 is 18.3 Å². The van der Waals surface area contributed by atoms with E-state index >= 15 is 0 Å². The molecule has 9 heteroatoms. The predicted molar refractivity (Wildman–Crippen MR) is 114 cm³/mol. The minimum absolute atomic E-state index is 0.0186. The maximum Gasteiger partial charge on any atom is 0.429 e. The Morgan fingerprint density at radius 2 is 1.94 bits per heavy atom. The van der Waals surface area contributed by atoms with Crippen molar-refractivity contribution in [3.05, 3.63) is 60.7 Å². The summed E-state index contributed by atoms with van der Waals surface area (Å²) in [6.07, 6.45) is 2.81. The molecule has 2 rings (SSSR count). The van der Waals surface area contributed by atoms with Gasteiger partial charge in [-0.05, 0) is 26.3 Å². The Morgan fingerprint density at radius 3 is 2.58 bits per heavy atom. The van der Waals surface area contributed by atoms with Gasteiger partial charge in [0, 0.05) is 6.54 Å². The molecule has 1 aromatic rings. The highest BCUT2D eigenvalue weighted by atomic mass is 16.6. The van der Waals surface area contributed by atoms with Crippen LogP contribution in [0.1, 0.15) is 26.3 Å². The fourth-order valence-electron chi connectivity index (χ4n) is 2.69.